The fourth-order valence-electron chi connectivity index (χ4n) is 3.92. The molecule has 0 saturated carbocycles. The van der Waals surface area contributed by atoms with Crippen LogP contribution in [-0.2, 0) is 0 Å². The van der Waals surface area contributed by atoms with Crippen LogP contribution in [0.5, 0.6) is 0 Å². The molecular formula is C25H23Cl3N4O. The van der Waals surface area contributed by atoms with Crippen LogP contribution in [0.1, 0.15) is 40.4 Å². The standard InChI is InChI=1S/C25H23Cl3N4O/c26-20-5-3-17(4-6-20)2-1-13-32-14-9-18(10-15-32)23-24(21(27)8-12-30-23)31-25(33)19-7-11-29-22(28)16-19/h1-8,11-12,16,18H,9-10,13-15H2,(H,31,33)/b2-1+. The van der Waals surface area contributed by atoms with Crippen molar-refractivity contribution in [2.24, 2.45) is 0 Å². The number of carbonyl (C=O) groups excluding carboxylic acids is 1. The van der Waals surface area contributed by atoms with E-state index in [1.165, 1.54) is 12.3 Å². The van der Waals surface area contributed by atoms with Crippen LogP contribution in [0, 0.1) is 0 Å². The average molecular weight is 502 g/mol. The van der Waals surface area contributed by atoms with Gasteiger partial charge in [-0.2, -0.15) is 0 Å². The summed E-state index contributed by atoms with van der Waals surface area (Å²) in [4.78, 5) is 23.7. The van der Waals surface area contributed by atoms with Gasteiger partial charge >= 0.3 is 0 Å². The third-order valence-corrected chi connectivity index (χ3v) is 6.45. The summed E-state index contributed by atoms with van der Waals surface area (Å²) in [6, 6.07) is 12.6. The maximum atomic E-state index is 12.8. The molecule has 33 heavy (non-hydrogen) atoms. The first-order valence-corrected chi connectivity index (χ1v) is 11.8. The Morgan fingerprint density at radius 1 is 1.03 bits per heavy atom. The number of amides is 1. The van der Waals surface area contributed by atoms with Crippen LogP contribution in [0.3, 0.4) is 0 Å². The van der Waals surface area contributed by atoms with E-state index in [9.17, 15) is 4.79 Å². The number of anilines is 1. The number of rotatable bonds is 6. The Hall–Kier alpha value is -2.44. The van der Waals surface area contributed by atoms with Gasteiger partial charge in [0.1, 0.15) is 5.15 Å². The average Bonchev–Trinajstić information content (AvgIpc) is 2.82. The van der Waals surface area contributed by atoms with E-state index in [1.807, 2.05) is 24.3 Å². The highest BCUT2D eigenvalue weighted by molar-refractivity contribution is 6.34. The van der Waals surface area contributed by atoms with E-state index in [1.54, 1.807) is 18.3 Å². The van der Waals surface area contributed by atoms with Gasteiger partial charge in [0.2, 0.25) is 0 Å². The first kappa shape index (κ1) is 23.7. The molecule has 1 aliphatic heterocycles. The van der Waals surface area contributed by atoms with E-state index in [0.717, 1.165) is 48.8 Å². The fraction of sp³-hybridized carbons (Fsp3) is 0.240. The van der Waals surface area contributed by atoms with Crippen LogP contribution in [0.2, 0.25) is 15.2 Å². The molecule has 0 spiro atoms. The molecule has 1 amide bonds. The molecule has 5 nitrogen and oxygen atoms in total. The molecule has 1 aliphatic rings. The van der Waals surface area contributed by atoms with Gasteiger partial charge in [0.05, 0.1) is 16.4 Å². The Labute approximate surface area is 208 Å². The molecular weight excluding hydrogens is 479 g/mol. The number of benzene rings is 1. The number of aromatic nitrogens is 2. The quantitative estimate of drug-likeness (QED) is 0.388. The summed E-state index contributed by atoms with van der Waals surface area (Å²) >= 11 is 18.3. The fourth-order valence-corrected chi connectivity index (χ4v) is 4.42. The second kappa shape index (κ2) is 11.1. The van der Waals surface area contributed by atoms with E-state index in [2.05, 4.69) is 32.3 Å². The summed E-state index contributed by atoms with van der Waals surface area (Å²) in [5.41, 5.74) is 2.95. The predicted molar refractivity (Wildman–Crippen MR) is 135 cm³/mol. The number of hydrogen-bond acceptors (Lipinski definition) is 4. The van der Waals surface area contributed by atoms with Crippen molar-refractivity contribution in [1.82, 2.24) is 14.9 Å². The molecule has 0 radical (unpaired) electrons. The Morgan fingerprint density at radius 2 is 1.76 bits per heavy atom. The van der Waals surface area contributed by atoms with Gasteiger partial charge in [-0.1, -0.05) is 59.1 Å². The second-order valence-electron chi connectivity index (χ2n) is 7.90. The lowest BCUT2D eigenvalue weighted by molar-refractivity contribution is 0.102. The molecule has 0 aliphatic carbocycles. The molecule has 1 fully saturated rings. The highest BCUT2D eigenvalue weighted by atomic mass is 35.5. The second-order valence-corrected chi connectivity index (χ2v) is 9.13. The summed E-state index contributed by atoms with van der Waals surface area (Å²) in [6.07, 6.45) is 9.35. The van der Waals surface area contributed by atoms with Crippen molar-refractivity contribution in [3.05, 3.63) is 93.0 Å². The van der Waals surface area contributed by atoms with Crippen molar-refractivity contribution < 1.29 is 4.79 Å². The van der Waals surface area contributed by atoms with E-state index in [-0.39, 0.29) is 17.0 Å². The molecule has 8 heteroatoms. The lowest BCUT2D eigenvalue weighted by Crippen LogP contribution is -2.33. The van der Waals surface area contributed by atoms with Crippen molar-refractivity contribution in [3.63, 3.8) is 0 Å². The Bertz CT molecular complexity index is 1140. The number of piperidine rings is 1. The third kappa shape index (κ3) is 6.33. The zero-order valence-corrected chi connectivity index (χ0v) is 20.1. The van der Waals surface area contributed by atoms with Gasteiger partial charge in [0.15, 0.2) is 0 Å². The molecule has 3 heterocycles. The Morgan fingerprint density at radius 3 is 2.48 bits per heavy atom. The third-order valence-electron chi connectivity index (χ3n) is 5.67. The van der Waals surface area contributed by atoms with Crippen molar-refractivity contribution in [3.8, 4) is 0 Å². The highest BCUT2D eigenvalue weighted by Gasteiger charge is 2.25. The number of pyridine rings is 2. The van der Waals surface area contributed by atoms with Gasteiger partial charge in [-0.25, -0.2) is 4.98 Å². The number of hydrogen-bond donors (Lipinski definition) is 1. The Kier molecular flexibility index (Phi) is 7.99. The molecule has 1 aromatic carbocycles. The maximum Gasteiger partial charge on any atom is 0.255 e. The summed E-state index contributed by atoms with van der Waals surface area (Å²) in [5, 5.41) is 4.41. The number of halogens is 3. The van der Waals surface area contributed by atoms with Crippen molar-refractivity contribution >= 4 is 52.5 Å². The summed E-state index contributed by atoms with van der Waals surface area (Å²) < 4.78 is 0. The summed E-state index contributed by atoms with van der Waals surface area (Å²) in [6.45, 7) is 2.76. The van der Waals surface area contributed by atoms with Gasteiger partial charge in [-0.15, -0.1) is 0 Å². The van der Waals surface area contributed by atoms with Gasteiger partial charge in [0, 0.05) is 35.4 Å². The number of nitrogens with one attached hydrogen (secondary N) is 1. The van der Waals surface area contributed by atoms with E-state index in [0.29, 0.717) is 16.3 Å². The zero-order valence-electron chi connectivity index (χ0n) is 17.8. The molecule has 1 saturated heterocycles. The van der Waals surface area contributed by atoms with Crippen molar-refractivity contribution in [2.45, 2.75) is 18.8 Å². The molecule has 1 N–H and O–H groups in total. The first-order valence-electron chi connectivity index (χ1n) is 10.7. The zero-order chi connectivity index (χ0) is 23.2. The van der Waals surface area contributed by atoms with Gasteiger partial charge in [-0.05, 0) is 61.8 Å². The van der Waals surface area contributed by atoms with E-state index in [4.69, 9.17) is 34.8 Å². The largest absolute Gasteiger partial charge is 0.319 e. The van der Waals surface area contributed by atoms with Crippen molar-refractivity contribution in [1.29, 1.82) is 0 Å². The smallest absolute Gasteiger partial charge is 0.255 e. The van der Waals surface area contributed by atoms with Crippen LogP contribution in [0.4, 0.5) is 5.69 Å². The minimum Gasteiger partial charge on any atom is -0.319 e. The van der Waals surface area contributed by atoms with Gasteiger partial charge in [-0.3, -0.25) is 14.7 Å². The molecule has 3 aromatic rings. The number of likely N-dealkylation sites (tertiary alicyclic amines) is 1. The van der Waals surface area contributed by atoms with E-state index < -0.39 is 0 Å². The number of nitrogens with zero attached hydrogens (tertiary/aromatic N) is 3. The van der Waals surface area contributed by atoms with Crippen LogP contribution in [0.15, 0.2) is 60.9 Å². The minimum absolute atomic E-state index is 0.219. The minimum atomic E-state index is -0.291. The first-order chi connectivity index (χ1) is 16.0. The van der Waals surface area contributed by atoms with Gasteiger partial charge < -0.3 is 5.32 Å². The predicted octanol–water partition coefficient (Wildman–Crippen LogP) is 6.58. The highest BCUT2D eigenvalue weighted by Crippen LogP contribution is 2.35. The molecule has 0 unspecified atom stereocenters. The molecule has 0 atom stereocenters. The molecule has 170 valence electrons. The summed E-state index contributed by atoms with van der Waals surface area (Å²) in [5.74, 6) is -0.0725. The van der Waals surface area contributed by atoms with Crippen LogP contribution in [-0.4, -0.2) is 40.4 Å². The van der Waals surface area contributed by atoms with Crippen LogP contribution in [0.25, 0.3) is 6.08 Å². The Balaban J connectivity index is 1.38. The maximum absolute atomic E-state index is 12.8. The molecule has 2 aromatic heterocycles. The normalized spacial score (nSPS) is 15.1. The monoisotopic (exact) mass is 500 g/mol. The van der Waals surface area contributed by atoms with Crippen molar-refractivity contribution in [2.75, 3.05) is 25.0 Å². The summed E-state index contributed by atoms with van der Waals surface area (Å²) in [7, 11) is 0. The SMILES string of the molecule is O=C(Nc1c(Cl)ccnc1C1CCN(C/C=C/c2ccc(Cl)cc2)CC1)c1ccnc(Cl)c1. The molecule has 0 bridgehead atoms. The lowest BCUT2D eigenvalue weighted by Gasteiger charge is -2.31. The number of carbonyl (C=O) groups is 1. The lowest BCUT2D eigenvalue weighted by atomic mass is 9.92. The van der Waals surface area contributed by atoms with Crippen LogP contribution >= 0.6 is 34.8 Å². The molecule has 4 rings (SSSR count). The van der Waals surface area contributed by atoms with Crippen LogP contribution < -0.4 is 5.32 Å². The topological polar surface area (TPSA) is 58.1 Å². The van der Waals surface area contributed by atoms with Gasteiger partial charge in [0.25, 0.3) is 5.91 Å². The van der Waals surface area contributed by atoms with E-state index >= 15 is 0 Å².